The average molecular weight is 340 g/mol. The molecule has 25 heavy (non-hydrogen) atoms. The maximum Gasteiger partial charge on any atom is 0.313 e. The van der Waals surface area contributed by atoms with Gasteiger partial charge >= 0.3 is 11.8 Å². The molecule has 0 aliphatic heterocycles. The summed E-state index contributed by atoms with van der Waals surface area (Å²) in [7, 11) is 0. The monoisotopic (exact) mass is 340 g/mol. The van der Waals surface area contributed by atoms with Crippen LogP contribution < -0.4 is 10.6 Å². The number of aliphatic hydroxyl groups is 1. The van der Waals surface area contributed by atoms with Crippen molar-refractivity contribution in [3.8, 4) is 0 Å². The predicted molar refractivity (Wildman–Crippen MR) is 98.5 cm³/mol. The lowest BCUT2D eigenvalue weighted by molar-refractivity contribution is -0.136. The average Bonchev–Trinajstić information content (AvgIpc) is 3.06. The number of amides is 2. The molecule has 132 valence electrons. The van der Waals surface area contributed by atoms with Gasteiger partial charge in [0.05, 0.1) is 5.60 Å². The summed E-state index contributed by atoms with van der Waals surface area (Å²) >= 11 is 0. The van der Waals surface area contributed by atoms with E-state index >= 15 is 0 Å². The number of benzene rings is 2. The van der Waals surface area contributed by atoms with Gasteiger partial charge in [0.1, 0.15) is 0 Å². The number of carbonyl (C=O) groups excluding carboxylic acids is 2. The third-order valence-electron chi connectivity index (χ3n) is 5.23. The van der Waals surface area contributed by atoms with Crippen molar-refractivity contribution in [2.75, 3.05) is 11.9 Å². The van der Waals surface area contributed by atoms with E-state index in [1.54, 1.807) is 0 Å². The molecule has 2 aromatic carbocycles. The lowest BCUT2D eigenvalue weighted by Gasteiger charge is -2.25. The Morgan fingerprint density at radius 3 is 2.40 bits per heavy atom. The summed E-state index contributed by atoms with van der Waals surface area (Å²) in [6.07, 6.45) is 3.05. The predicted octanol–water partition coefficient (Wildman–Crippen LogP) is 2.54. The van der Waals surface area contributed by atoms with Crippen LogP contribution in [0, 0.1) is 0 Å². The number of hydrogen-bond donors (Lipinski definition) is 3. The molecule has 3 N–H and O–H groups in total. The number of anilines is 1. The minimum atomic E-state index is -0.974. The molecule has 5 nitrogen and oxygen atoms in total. The maximum atomic E-state index is 12.2. The summed E-state index contributed by atoms with van der Waals surface area (Å²) in [4.78, 5) is 24.3. The Morgan fingerprint density at radius 2 is 1.72 bits per heavy atom. The van der Waals surface area contributed by atoms with E-state index in [1.165, 1.54) is 16.5 Å². The fourth-order valence-electron chi connectivity index (χ4n) is 3.36. The molecular weight excluding hydrogens is 316 g/mol. The van der Waals surface area contributed by atoms with Crippen LogP contribution in [-0.4, -0.2) is 29.1 Å². The zero-order valence-corrected chi connectivity index (χ0v) is 14.7. The molecule has 5 heteroatoms. The summed E-state index contributed by atoms with van der Waals surface area (Å²) in [5.74, 6) is -1.45. The van der Waals surface area contributed by atoms with E-state index in [0.29, 0.717) is 18.5 Å². The molecule has 0 saturated heterocycles. The van der Waals surface area contributed by atoms with E-state index in [9.17, 15) is 14.7 Å². The minimum absolute atomic E-state index is 0.0656. The highest BCUT2D eigenvalue weighted by atomic mass is 16.3. The van der Waals surface area contributed by atoms with Crippen molar-refractivity contribution in [2.24, 2.45) is 0 Å². The standard InChI is InChI=1S/C20H24N2O3/c1-3-20(25,4-2)12-21-18(23)19(24)22-16-11-10-14-9-8-13-6-5-7-15(16)17(13)14/h5-7,10-11,25H,3-4,8-9,12H2,1-2H3,(H,21,23)(H,22,24). The van der Waals surface area contributed by atoms with Crippen LogP contribution in [0.2, 0.25) is 0 Å². The van der Waals surface area contributed by atoms with Gasteiger partial charge in [-0.25, -0.2) is 0 Å². The van der Waals surface area contributed by atoms with Crippen molar-refractivity contribution < 1.29 is 14.7 Å². The topological polar surface area (TPSA) is 78.4 Å². The summed E-state index contributed by atoms with van der Waals surface area (Å²) in [6, 6.07) is 9.91. The van der Waals surface area contributed by atoms with Crippen LogP contribution >= 0.6 is 0 Å². The molecule has 2 aromatic rings. The minimum Gasteiger partial charge on any atom is -0.388 e. The molecule has 1 aliphatic carbocycles. The van der Waals surface area contributed by atoms with Crippen LogP contribution in [0.25, 0.3) is 10.8 Å². The largest absolute Gasteiger partial charge is 0.388 e. The smallest absolute Gasteiger partial charge is 0.313 e. The van der Waals surface area contributed by atoms with Crippen molar-refractivity contribution in [1.29, 1.82) is 0 Å². The molecule has 0 saturated carbocycles. The fourth-order valence-corrected chi connectivity index (χ4v) is 3.36. The van der Waals surface area contributed by atoms with Crippen LogP contribution in [-0.2, 0) is 22.4 Å². The van der Waals surface area contributed by atoms with Gasteiger partial charge in [0.15, 0.2) is 0 Å². The van der Waals surface area contributed by atoms with Crippen molar-refractivity contribution >= 4 is 28.3 Å². The zero-order chi connectivity index (χ0) is 18.0. The summed E-state index contributed by atoms with van der Waals surface area (Å²) in [5.41, 5.74) is 2.23. The summed E-state index contributed by atoms with van der Waals surface area (Å²) in [6.45, 7) is 3.76. The number of aryl methyl sites for hydroxylation is 2. The molecule has 2 amide bonds. The van der Waals surface area contributed by atoms with Crippen LogP contribution in [0.1, 0.15) is 37.8 Å². The fraction of sp³-hybridized carbons (Fsp3) is 0.400. The van der Waals surface area contributed by atoms with E-state index in [0.717, 1.165) is 18.2 Å². The number of carbonyl (C=O) groups is 2. The number of rotatable bonds is 5. The van der Waals surface area contributed by atoms with E-state index in [2.05, 4.69) is 16.7 Å². The molecule has 0 heterocycles. The molecule has 0 atom stereocenters. The van der Waals surface area contributed by atoms with Crippen molar-refractivity contribution in [3.63, 3.8) is 0 Å². The highest BCUT2D eigenvalue weighted by Crippen LogP contribution is 2.34. The Hall–Kier alpha value is -2.40. The first-order chi connectivity index (χ1) is 12.0. The first-order valence-electron chi connectivity index (χ1n) is 8.82. The van der Waals surface area contributed by atoms with Crippen LogP contribution in [0.5, 0.6) is 0 Å². The van der Waals surface area contributed by atoms with Gasteiger partial charge in [-0.15, -0.1) is 0 Å². The van der Waals surface area contributed by atoms with Crippen molar-refractivity contribution in [1.82, 2.24) is 5.32 Å². The third kappa shape index (κ3) is 3.37. The first kappa shape index (κ1) is 17.4. The molecule has 1 aliphatic rings. The molecule has 0 unspecified atom stereocenters. The second-order valence-electron chi connectivity index (χ2n) is 6.68. The second-order valence-corrected chi connectivity index (χ2v) is 6.68. The van der Waals surface area contributed by atoms with Crippen molar-refractivity contribution in [2.45, 2.75) is 45.1 Å². The van der Waals surface area contributed by atoms with Gasteiger partial charge in [0, 0.05) is 17.6 Å². The summed E-state index contributed by atoms with van der Waals surface area (Å²) < 4.78 is 0. The Balaban J connectivity index is 1.74. The zero-order valence-electron chi connectivity index (χ0n) is 14.7. The third-order valence-corrected chi connectivity index (χ3v) is 5.23. The second kappa shape index (κ2) is 6.84. The van der Waals surface area contributed by atoms with Gasteiger partial charge in [0.2, 0.25) is 0 Å². The van der Waals surface area contributed by atoms with E-state index in [-0.39, 0.29) is 6.54 Å². The van der Waals surface area contributed by atoms with Crippen LogP contribution in [0.3, 0.4) is 0 Å². The summed E-state index contributed by atoms with van der Waals surface area (Å²) in [5, 5.41) is 17.6. The molecular formula is C20H24N2O3. The van der Waals surface area contributed by atoms with Gasteiger partial charge in [-0.1, -0.05) is 38.1 Å². The van der Waals surface area contributed by atoms with Crippen LogP contribution in [0.4, 0.5) is 5.69 Å². The van der Waals surface area contributed by atoms with Crippen molar-refractivity contribution in [3.05, 3.63) is 41.5 Å². The Labute approximate surface area is 147 Å². The lowest BCUT2D eigenvalue weighted by Crippen LogP contribution is -2.45. The molecule has 0 bridgehead atoms. The Kier molecular flexibility index (Phi) is 4.77. The van der Waals surface area contributed by atoms with Gasteiger partial charge in [-0.2, -0.15) is 0 Å². The Bertz CT molecular complexity index is 815. The highest BCUT2D eigenvalue weighted by Gasteiger charge is 2.25. The van der Waals surface area contributed by atoms with Gasteiger partial charge in [-0.3, -0.25) is 9.59 Å². The maximum absolute atomic E-state index is 12.2. The molecule has 3 rings (SSSR count). The van der Waals surface area contributed by atoms with E-state index in [1.807, 2.05) is 38.1 Å². The van der Waals surface area contributed by atoms with Gasteiger partial charge in [-0.05, 0) is 48.3 Å². The molecule has 0 fully saturated rings. The molecule has 0 aromatic heterocycles. The first-order valence-corrected chi connectivity index (χ1v) is 8.82. The SMILES string of the molecule is CCC(O)(CC)CNC(=O)C(=O)Nc1ccc2c3c(cccc13)CC2. The van der Waals surface area contributed by atoms with Gasteiger partial charge in [0.25, 0.3) is 0 Å². The normalized spacial score (nSPS) is 13.1. The Morgan fingerprint density at radius 1 is 1.04 bits per heavy atom. The van der Waals surface area contributed by atoms with Gasteiger partial charge < -0.3 is 15.7 Å². The van der Waals surface area contributed by atoms with Crippen LogP contribution in [0.15, 0.2) is 30.3 Å². The number of nitrogens with one attached hydrogen (secondary N) is 2. The number of hydrogen-bond acceptors (Lipinski definition) is 3. The molecule has 0 radical (unpaired) electrons. The lowest BCUT2D eigenvalue weighted by atomic mass is 9.98. The molecule has 0 spiro atoms. The quantitative estimate of drug-likeness (QED) is 0.732. The highest BCUT2D eigenvalue weighted by molar-refractivity contribution is 6.40. The van der Waals surface area contributed by atoms with E-state index < -0.39 is 17.4 Å². The van der Waals surface area contributed by atoms with E-state index in [4.69, 9.17) is 0 Å².